The van der Waals surface area contributed by atoms with Crippen molar-refractivity contribution in [1.29, 1.82) is 0 Å². The van der Waals surface area contributed by atoms with E-state index in [1.54, 1.807) is 0 Å². The SMILES string of the molecule is CC(C)(C)OC(=O)N1CC[C@@H](O[Si](C)(C)C(C)(C)C)[C@H]1[C@H](O)CO. The second-order valence-electron chi connectivity index (χ2n) is 9.12. The fourth-order valence-corrected chi connectivity index (χ4v) is 3.94. The summed E-state index contributed by atoms with van der Waals surface area (Å²) in [7, 11) is -2.05. The van der Waals surface area contributed by atoms with Crippen LogP contribution >= 0.6 is 0 Å². The molecular formula is C17H35NO5Si. The van der Waals surface area contributed by atoms with Gasteiger partial charge in [0.05, 0.1) is 18.8 Å². The van der Waals surface area contributed by atoms with E-state index < -0.39 is 38.8 Å². The van der Waals surface area contributed by atoms with E-state index in [2.05, 4.69) is 33.9 Å². The van der Waals surface area contributed by atoms with Gasteiger partial charge in [-0.15, -0.1) is 0 Å². The van der Waals surface area contributed by atoms with Crippen LogP contribution in [0.15, 0.2) is 0 Å². The van der Waals surface area contributed by atoms with E-state index in [1.165, 1.54) is 4.90 Å². The third-order valence-electron chi connectivity index (χ3n) is 4.86. The Morgan fingerprint density at radius 2 is 1.79 bits per heavy atom. The highest BCUT2D eigenvalue weighted by Gasteiger charge is 2.48. The van der Waals surface area contributed by atoms with Crippen molar-refractivity contribution >= 4 is 14.4 Å². The Balaban J connectivity index is 2.98. The molecule has 1 aliphatic rings. The largest absolute Gasteiger partial charge is 0.444 e. The Labute approximate surface area is 147 Å². The Hall–Kier alpha value is -0.633. The number of rotatable bonds is 4. The molecule has 3 atom stereocenters. The Kier molecular flexibility index (Phi) is 6.52. The van der Waals surface area contributed by atoms with Gasteiger partial charge in [-0.1, -0.05) is 20.8 Å². The summed E-state index contributed by atoms with van der Waals surface area (Å²) in [5.74, 6) is 0. The fourth-order valence-electron chi connectivity index (χ4n) is 2.57. The first-order valence-corrected chi connectivity index (χ1v) is 11.6. The van der Waals surface area contributed by atoms with Gasteiger partial charge < -0.3 is 19.4 Å². The Morgan fingerprint density at radius 3 is 2.21 bits per heavy atom. The standard InChI is InChI=1S/C17H35NO5Si/c1-16(2,3)22-15(21)18-10-9-13(14(18)12(20)11-19)23-24(7,8)17(4,5)6/h12-14,19-20H,9-11H2,1-8H3/t12-,13-,14-/m1/s1. The zero-order chi connectivity index (χ0) is 18.9. The molecule has 24 heavy (non-hydrogen) atoms. The maximum absolute atomic E-state index is 12.5. The summed E-state index contributed by atoms with van der Waals surface area (Å²) in [5, 5.41) is 19.7. The van der Waals surface area contributed by atoms with E-state index in [-0.39, 0.29) is 11.1 Å². The maximum atomic E-state index is 12.5. The lowest BCUT2D eigenvalue weighted by Gasteiger charge is -2.41. The second-order valence-corrected chi connectivity index (χ2v) is 13.9. The molecule has 2 N–H and O–H groups in total. The minimum absolute atomic E-state index is 0.0288. The topological polar surface area (TPSA) is 79.2 Å². The van der Waals surface area contributed by atoms with Gasteiger partial charge in [-0.3, -0.25) is 4.90 Å². The number of carbonyl (C=O) groups is 1. The molecule has 0 aromatic rings. The van der Waals surface area contributed by atoms with Crippen molar-refractivity contribution in [2.45, 2.75) is 89.9 Å². The molecule has 0 radical (unpaired) electrons. The number of hydrogen-bond acceptors (Lipinski definition) is 5. The van der Waals surface area contributed by atoms with E-state index in [4.69, 9.17) is 9.16 Å². The van der Waals surface area contributed by atoms with Crippen LogP contribution in [0.2, 0.25) is 18.1 Å². The molecule has 0 aliphatic carbocycles. The van der Waals surface area contributed by atoms with Crippen LogP contribution in [0.25, 0.3) is 0 Å². The fraction of sp³-hybridized carbons (Fsp3) is 0.941. The van der Waals surface area contributed by atoms with Crippen molar-refractivity contribution in [1.82, 2.24) is 4.90 Å². The minimum Gasteiger partial charge on any atom is -0.444 e. The minimum atomic E-state index is -2.05. The van der Waals surface area contributed by atoms with Crippen LogP contribution in [0.1, 0.15) is 48.0 Å². The Bertz CT molecular complexity index is 441. The normalized spacial score (nSPS) is 24.2. The molecule has 0 bridgehead atoms. The lowest BCUT2D eigenvalue weighted by molar-refractivity contribution is -0.0271. The van der Waals surface area contributed by atoms with Gasteiger partial charge >= 0.3 is 6.09 Å². The lowest BCUT2D eigenvalue weighted by atomic mass is 10.1. The van der Waals surface area contributed by atoms with E-state index in [0.29, 0.717) is 13.0 Å². The molecule has 0 spiro atoms. The van der Waals surface area contributed by atoms with E-state index >= 15 is 0 Å². The lowest BCUT2D eigenvalue weighted by Crippen LogP contribution is -2.54. The second kappa shape index (κ2) is 7.31. The first-order chi connectivity index (χ1) is 10.7. The molecule has 1 aliphatic heterocycles. The van der Waals surface area contributed by atoms with Crippen molar-refractivity contribution in [3.05, 3.63) is 0 Å². The van der Waals surface area contributed by atoms with E-state index in [1.807, 2.05) is 20.8 Å². The van der Waals surface area contributed by atoms with Gasteiger partial charge in [-0.2, -0.15) is 0 Å². The van der Waals surface area contributed by atoms with Crippen LogP contribution < -0.4 is 0 Å². The van der Waals surface area contributed by atoms with Crippen LogP contribution in [0, 0.1) is 0 Å². The van der Waals surface area contributed by atoms with Crippen molar-refractivity contribution in [2.75, 3.05) is 13.2 Å². The Morgan fingerprint density at radius 1 is 1.25 bits per heavy atom. The van der Waals surface area contributed by atoms with Crippen LogP contribution in [-0.2, 0) is 9.16 Å². The molecule has 142 valence electrons. The molecule has 0 saturated carbocycles. The molecular weight excluding hydrogens is 326 g/mol. The smallest absolute Gasteiger partial charge is 0.410 e. The van der Waals surface area contributed by atoms with Gasteiger partial charge in [0.15, 0.2) is 8.32 Å². The summed E-state index contributed by atoms with van der Waals surface area (Å²) < 4.78 is 11.9. The molecule has 1 saturated heterocycles. The number of aliphatic hydroxyl groups excluding tert-OH is 2. The maximum Gasteiger partial charge on any atom is 0.410 e. The number of carbonyl (C=O) groups excluding carboxylic acids is 1. The summed E-state index contributed by atoms with van der Waals surface area (Å²) in [4.78, 5) is 14.0. The van der Waals surface area contributed by atoms with Gasteiger partial charge in [-0.05, 0) is 45.3 Å². The first-order valence-electron chi connectivity index (χ1n) is 8.66. The van der Waals surface area contributed by atoms with Crippen LogP contribution in [0.3, 0.4) is 0 Å². The molecule has 0 aromatic heterocycles. The third kappa shape index (κ3) is 5.18. The molecule has 1 fully saturated rings. The van der Waals surface area contributed by atoms with E-state index in [9.17, 15) is 15.0 Å². The molecule has 0 unspecified atom stereocenters. The molecule has 1 rings (SSSR count). The summed E-state index contributed by atoms with van der Waals surface area (Å²) in [6.45, 7) is 16.2. The highest BCUT2D eigenvalue weighted by molar-refractivity contribution is 6.74. The van der Waals surface area contributed by atoms with Crippen LogP contribution in [0.4, 0.5) is 4.79 Å². The van der Waals surface area contributed by atoms with Crippen molar-refractivity contribution in [3.8, 4) is 0 Å². The summed E-state index contributed by atoms with van der Waals surface area (Å²) in [5.41, 5.74) is -0.607. The number of ether oxygens (including phenoxy) is 1. The number of likely N-dealkylation sites (tertiary alicyclic amines) is 1. The highest BCUT2D eigenvalue weighted by Crippen LogP contribution is 2.39. The van der Waals surface area contributed by atoms with Gasteiger partial charge in [0.25, 0.3) is 0 Å². The van der Waals surface area contributed by atoms with Crippen LogP contribution in [0.5, 0.6) is 0 Å². The summed E-state index contributed by atoms with van der Waals surface area (Å²) in [6, 6.07) is -0.584. The zero-order valence-corrected chi connectivity index (χ0v) is 17.4. The van der Waals surface area contributed by atoms with Crippen molar-refractivity contribution in [2.24, 2.45) is 0 Å². The third-order valence-corrected chi connectivity index (χ3v) is 9.36. The van der Waals surface area contributed by atoms with Crippen molar-refractivity contribution < 1.29 is 24.2 Å². The average Bonchev–Trinajstić information content (AvgIpc) is 2.77. The molecule has 7 heteroatoms. The number of hydrogen-bond donors (Lipinski definition) is 2. The van der Waals surface area contributed by atoms with Gasteiger partial charge in [0, 0.05) is 6.54 Å². The molecule has 1 amide bonds. The highest BCUT2D eigenvalue weighted by atomic mass is 28.4. The predicted molar refractivity (Wildman–Crippen MR) is 96.5 cm³/mol. The number of aliphatic hydroxyl groups is 2. The summed E-state index contributed by atoms with van der Waals surface area (Å²) >= 11 is 0. The summed E-state index contributed by atoms with van der Waals surface area (Å²) in [6.07, 6.45) is -1.18. The van der Waals surface area contributed by atoms with Gasteiger partial charge in [-0.25, -0.2) is 4.79 Å². The van der Waals surface area contributed by atoms with Gasteiger partial charge in [0.1, 0.15) is 11.7 Å². The first kappa shape index (κ1) is 21.4. The average molecular weight is 362 g/mol. The number of nitrogens with zero attached hydrogens (tertiary/aromatic N) is 1. The monoisotopic (exact) mass is 361 g/mol. The molecule has 6 nitrogen and oxygen atoms in total. The predicted octanol–water partition coefficient (Wildman–Crippen LogP) is 2.74. The van der Waals surface area contributed by atoms with Crippen molar-refractivity contribution in [3.63, 3.8) is 0 Å². The molecule has 1 heterocycles. The zero-order valence-electron chi connectivity index (χ0n) is 16.4. The van der Waals surface area contributed by atoms with Crippen LogP contribution in [-0.4, -0.2) is 66.5 Å². The quantitative estimate of drug-likeness (QED) is 0.753. The number of amides is 1. The molecule has 0 aromatic carbocycles. The van der Waals surface area contributed by atoms with E-state index in [0.717, 1.165) is 0 Å². The van der Waals surface area contributed by atoms with Gasteiger partial charge in [0.2, 0.25) is 0 Å².